The van der Waals surface area contributed by atoms with Crippen molar-refractivity contribution in [3.05, 3.63) is 51.5 Å². The van der Waals surface area contributed by atoms with Gasteiger partial charge in [-0.05, 0) is 24.1 Å². The lowest BCUT2D eigenvalue weighted by atomic mass is 10.0. The van der Waals surface area contributed by atoms with Crippen LogP contribution in [0.15, 0.2) is 23.6 Å². The van der Waals surface area contributed by atoms with Gasteiger partial charge in [-0.3, -0.25) is 0 Å². The number of rotatable bonds is 5. The molecule has 0 amide bonds. The summed E-state index contributed by atoms with van der Waals surface area (Å²) in [5.74, 6) is -2.46. The molecule has 1 unspecified atom stereocenters. The van der Waals surface area contributed by atoms with E-state index in [0.717, 1.165) is 10.9 Å². The maximum Gasteiger partial charge on any atom is 0.161 e. The van der Waals surface area contributed by atoms with Crippen molar-refractivity contribution in [2.45, 2.75) is 13.0 Å². The Morgan fingerprint density at radius 1 is 1.20 bits per heavy atom. The molecule has 2 rings (SSSR count). The third-order valence-electron chi connectivity index (χ3n) is 2.90. The Morgan fingerprint density at radius 2 is 1.90 bits per heavy atom. The lowest BCUT2D eigenvalue weighted by Crippen LogP contribution is -2.23. The largest absolute Gasteiger partial charge is 0.496 e. The fraction of sp³-hybridized carbons (Fsp3) is 0.286. The van der Waals surface area contributed by atoms with Gasteiger partial charge in [0.2, 0.25) is 0 Å². The number of hydrogen-bond acceptors (Lipinski definition) is 3. The molecular weight excluding hydrogens is 287 g/mol. The van der Waals surface area contributed by atoms with E-state index < -0.39 is 23.5 Å². The summed E-state index contributed by atoms with van der Waals surface area (Å²) in [6.07, 6.45) is 0. The summed E-state index contributed by atoms with van der Waals surface area (Å²) in [4.78, 5) is 0.722. The highest BCUT2D eigenvalue weighted by atomic mass is 32.1. The second-order valence-corrected chi connectivity index (χ2v) is 5.08. The molecule has 0 aliphatic rings. The van der Waals surface area contributed by atoms with Crippen LogP contribution < -0.4 is 10.1 Å². The zero-order valence-electron chi connectivity index (χ0n) is 11.0. The Morgan fingerprint density at radius 3 is 2.55 bits per heavy atom. The van der Waals surface area contributed by atoms with Crippen molar-refractivity contribution in [3.8, 4) is 5.75 Å². The molecule has 2 nitrogen and oxygen atoms in total. The Hall–Kier alpha value is -1.53. The van der Waals surface area contributed by atoms with Crippen molar-refractivity contribution in [1.29, 1.82) is 0 Å². The molecule has 0 aliphatic carbocycles. The average Bonchev–Trinajstić information content (AvgIpc) is 2.88. The average molecular weight is 301 g/mol. The predicted molar refractivity (Wildman–Crippen MR) is 72.7 cm³/mol. The zero-order chi connectivity index (χ0) is 14.7. The van der Waals surface area contributed by atoms with Crippen molar-refractivity contribution >= 4 is 11.3 Å². The number of hydrogen-bond donors (Lipinski definition) is 1. The minimum Gasteiger partial charge on any atom is -0.496 e. The Labute approximate surface area is 119 Å². The van der Waals surface area contributed by atoms with Crippen LogP contribution in [0.4, 0.5) is 13.2 Å². The normalized spacial score (nSPS) is 12.4. The lowest BCUT2D eigenvalue weighted by Gasteiger charge is -2.19. The molecule has 1 atom stereocenters. The molecular formula is C14H14F3NOS. The van der Waals surface area contributed by atoms with E-state index in [9.17, 15) is 13.2 Å². The van der Waals surface area contributed by atoms with E-state index in [-0.39, 0.29) is 5.56 Å². The summed E-state index contributed by atoms with van der Waals surface area (Å²) in [6.45, 7) is 2.40. The molecule has 0 spiro atoms. The first-order chi connectivity index (χ1) is 9.58. The third-order valence-corrected chi connectivity index (χ3v) is 3.86. The minimum atomic E-state index is -1.19. The first kappa shape index (κ1) is 14.9. The fourth-order valence-corrected chi connectivity index (χ4v) is 2.95. The molecule has 20 heavy (non-hydrogen) atoms. The van der Waals surface area contributed by atoms with Crippen LogP contribution in [-0.2, 0) is 0 Å². The van der Waals surface area contributed by atoms with Gasteiger partial charge in [0, 0.05) is 11.6 Å². The monoisotopic (exact) mass is 301 g/mol. The molecule has 0 saturated carbocycles. The van der Waals surface area contributed by atoms with E-state index in [0.29, 0.717) is 18.4 Å². The van der Waals surface area contributed by atoms with Crippen LogP contribution in [-0.4, -0.2) is 13.7 Å². The standard InChI is InChI=1S/C14H14F3NOS/c1-3-18-13(14-12(19-2)4-5-20-14)8-6-10(16)11(17)7-9(8)15/h4-7,13,18H,3H2,1-2H3. The first-order valence-corrected chi connectivity index (χ1v) is 6.95. The van der Waals surface area contributed by atoms with Gasteiger partial charge in [-0.1, -0.05) is 6.92 Å². The third kappa shape index (κ3) is 2.81. The molecule has 0 aliphatic heterocycles. The molecule has 0 saturated heterocycles. The summed E-state index contributed by atoms with van der Waals surface area (Å²) >= 11 is 1.37. The number of halogens is 3. The van der Waals surface area contributed by atoms with Gasteiger partial charge in [0.05, 0.1) is 18.0 Å². The van der Waals surface area contributed by atoms with E-state index in [2.05, 4.69) is 5.32 Å². The van der Waals surface area contributed by atoms with Crippen molar-refractivity contribution in [2.24, 2.45) is 0 Å². The van der Waals surface area contributed by atoms with Crippen molar-refractivity contribution in [3.63, 3.8) is 0 Å². The highest BCUT2D eigenvalue weighted by Gasteiger charge is 2.23. The highest BCUT2D eigenvalue weighted by molar-refractivity contribution is 7.10. The maximum absolute atomic E-state index is 13.9. The van der Waals surface area contributed by atoms with Gasteiger partial charge in [0.15, 0.2) is 11.6 Å². The second kappa shape index (κ2) is 6.28. The number of benzene rings is 1. The van der Waals surface area contributed by atoms with E-state index in [4.69, 9.17) is 4.74 Å². The fourth-order valence-electron chi connectivity index (χ4n) is 2.00. The van der Waals surface area contributed by atoms with Gasteiger partial charge in [0.25, 0.3) is 0 Å². The summed E-state index contributed by atoms with van der Waals surface area (Å²) < 4.78 is 45.6. The van der Waals surface area contributed by atoms with E-state index >= 15 is 0 Å². The van der Waals surface area contributed by atoms with Crippen LogP contribution in [0, 0.1) is 17.5 Å². The number of nitrogens with one attached hydrogen (secondary N) is 1. The van der Waals surface area contributed by atoms with Gasteiger partial charge < -0.3 is 10.1 Å². The molecule has 108 valence electrons. The molecule has 1 heterocycles. The van der Waals surface area contributed by atoms with Crippen LogP contribution >= 0.6 is 11.3 Å². The van der Waals surface area contributed by atoms with Crippen molar-refractivity contribution < 1.29 is 17.9 Å². The molecule has 1 aromatic heterocycles. The van der Waals surface area contributed by atoms with Gasteiger partial charge >= 0.3 is 0 Å². The van der Waals surface area contributed by atoms with Gasteiger partial charge in [-0.25, -0.2) is 13.2 Å². The van der Waals surface area contributed by atoms with Crippen LogP contribution in [0.3, 0.4) is 0 Å². The molecule has 1 aromatic carbocycles. The number of ether oxygens (including phenoxy) is 1. The van der Waals surface area contributed by atoms with Gasteiger partial charge in [-0.15, -0.1) is 11.3 Å². The van der Waals surface area contributed by atoms with Gasteiger partial charge in [-0.2, -0.15) is 0 Å². The SMILES string of the molecule is CCNC(c1cc(F)c(F)cc1F)c1sccc1OC. The van der Waals surface area contributed by atoms with E-state index in [1.54, 1.807) is 11.4 Å². The smallest absolute Gasteiger partial charge is 0.161 e. The highest BCUT2D eigenvalue weighted by Crippen LogP contribution is 2.36. The van der Waals surface area contributed by atoms with Crippen molar-refractivity contribution in [2.75, 3.05) is 13.7 Å². The number of methoxy groups -OCH3 is 1. The zero-order valence-corrected chi connectivity index (χ0v) is 11.9. The predicted octanol–water partition coefficient (Wildman–Crippen LogP) is 3.87. The van der Waals surface area contributed by atoms with Crippen molar-refractivity contribution in [1.82, 2.24) is 5.32 Å². The van der Waals surface area contributed by atoms with E-state index in [1.165, 1.54) is 18.4 Å². The Kier molecular flexibility index (Phi) is 4.67. The first-order valence-electron chi connectivity index (χ1n) is 6.07. The topological polar surface area (TPSA) is 21.3 Å². The number of thiophene rings is 1. The summed E-state index contributed by atoms with van der Waals surface area (Å²) in [5.41, 5.74) is 0.0616. The summed E-state index contributed by atoms with van der Waals surface area (Å²) in [7, 11) is 1.51. The molecule has 0 bridgehead atoms. The Balaban J connectivity index is 2.51. The quantitative estimate of drug-likeness (QED) is 0.846. The summed E-state index contributed by atoms with van der Waals surface area (Å²) in [6, 6.07) is 2.62. The molecule has 1 N–H and O–H groups in total. The van der Waals surface area contributed by atoms with Crippen LogP contribution in [0.5, 0.6) is 5.75 Å². The maximum atomic E-state index is 13.9. The van der Waals surface area contributed by atoms with Crippen LogP contribution in [0.2, 0.25) is 0 Å². The van der Waals surface area contributed by atoms with E-state index in [1.807, 2.05) is 6.92 Å². The second-order valence-electron chi connectivity index (χ2n) is 4.13. The minimum absolute atomic E-state index is 0.0616. The Bertz CT molecular complexity index is 600. The van der Waals surface area contributed by atoms with Gasteiger partial charge in [0.1, 0.15) is 11.6 Å². The molecule has 0 radical (unpaired) electrons. The molecule has 0 fully saturated rings. The molecule has 2 aromatic rings. The molecule has 6 heteroatoms. The van der Waals surface area contributed by atoms with Crippen LogP contribution in [0.1, 0.15) is 23.4 Å². The summed E-state index contributed by atoms with van der Waals surface area (Å²) in [5, 5.41) is 4.87. The van der Waals surface area contributed by atoms with Crippen LogP contribution in [0.25, 0.3) is 0 Å². The lowest BCUT2D eigenvalue weighted by molar-refractivity contribution is 0.406.